The lowest BCUT2D eigenvalue weighted by molar-refractivity contribution is -0.160. The summed E-state index contributed by atoms with van der Waals surface area (Å²) in [5.74, 6) is -3.56. The molecule has 232 valence electrons. The lowest BCUT2D eigenvalue weighted by Crippen LogP contribution is -2.58. The Labute approximate surface area is 260 Å². The number of unbranched alkanes of at least 4 members (excludes halogenated alkanes) is 1. The number of esters is 1. The molecule has 11 heteroatoms. The van der Waals surface area contributed by atoms with Crippen molar-refractivity contribution in [3.05, 3.63) is 58.6 Å². The molecule has 0 aliphatic carbocycles. The van der Waals surface area contributed by atoms with Crippen LogP contribution in [0.3, 0.4) is 0 Å². The fraction of sp³-hybridized carbons (Fsp3) is 0.562. The summed E-state index contributed by atoms with van der Waals surface area (Å²) in [5, 5.41) is 13.2. The second-order valence-corrected chi connectivity index (χ2v) is 12.5. The summed E-state index contributed by atoms with van der Waals surface area (Å²) < 4.78 is 13.2. The number of ether oxygens (including phenoxy) is 2. The lowest BCUT2D eigenvalue weighted by Gasteiger charge is -2.38. The highest BCUT2D eigenvalue weighted by atomic mass is 79.9. The standard InChI is InChI=1S/C32H40BrN3O7/c1-3-5-15-35-16-11-7-10-14-24(38)34-18-23(20-12-8-6-9-13-20)42-31(41)25-26-29(39)36(21(4-2)19-37)28(30(35)40)32(26)17-22(33)27(25)43-32/h6-9,11-13,17,21,23,25-28,37H,3-5,10,14-16,18-19H2,1-2H3,(H,34,38)/b11-7-/t21-,23-,25-,26+,27-,28-,32+/m0/s1. The Balaban J connectivity index is 1.60. The zero-order valence-electron chi connectivity index (χ0n) is 24.6. The quantitative estimate of drug-likeness (QED) is 0.341. The number of allylic oxidation sites excluding steroid dienone is 1. The van der Waals surface area contributed by atoms with E-state index in [0.29, 0.717) is 36.0 Å². The van der Waals surface area contributed by atoms with Crippen molar-refractivity contribution >= 4 is 39.6 Å². The molecule has 7 atom stereocenters. The summed E-state index contributed by atoms with van der Waals surface area (Å²) in [5.41, 5.74) is -0.699. The van der Waals surface area contributed by atoms with Crippen LogP contribution in [-0.2, 0) is 28.7 Å². The van der Waals surface area contributed by atoms with Gasteiger partial charge in [-0.3, -0.25) is 19.2 Å². The van der Waals surface area contributed by atoms with Gasteiger partial charge in [0.2, 0.25) is 17.7 Å². The first kappa shape index (κ1) is 31.4. The summed E-state index contributed by atoms with van der Waals surface area (Å²) in [6, 6.07) is 7.44. The molecule has 1 aromatic carbocycles. The minimum absolute atomic E-state index is 0.0672. The Hall–Kier alpha value is -3.02. The second-order valence-electron chi connectivity index (χ2n) is 11.6. The molecule has 0 radical (unpaired) electrons. The van der Waals surface area contributed by atoms with Gasteiger partial charge in [-0.15, -0.1) is 0 Å². The van der Waals surface area contributed by atoms with Crippen LogP contribution < -0.4 is 5.32 Å². The Morgan fingerprint density at radius 3 is 2.58 bits per heavy atom. The monoisotopic (exact) mass is 657 g/mol. The van der Waals surface area contributed by atoms with Crippen LogP contribution in [0.15, 0.2) is 53.0 Å². The Bertz CT molecular complexity index is 1280. The van der Waals surface area contributed by atoms with E-state index in [0.717, 1.165) is 12.8 Å². The van der Waals surface area contributed by atoms with Gasteiger partial charge in [-0.2, -0.15) is 0 Å². The van der Waals surface area contributed by atoms with Crippen molar-refractivity contribution in [2.45, 2.75) is 75.8 Å². The highest BCUT2D eigenvalue weighted by molar-refractivity contribution is 9.11. The number of amides is 3. The number of rotatable bonds is 7. The van der Waals surface area contributed by atoms with Gasteiger partial charge < -0.3 is 29.7 Å². The summed E-state index contributed by atoms with van der Waals surface area (Å²) in [7, 11) is 0. The van der Waals surface area contributed by atoms with Crippen LogP contribution in [0.25, 0.3) is 0 Å². The first-order valence-corrected chi connectivity index (χ1v) is 16.0. The number of benzene rings is 1. The molecule has 10 nitrogen and oxygen atoms in total. The molecule has 0 saturated carbocycles. The fourth-order valence-electron chi connectivity index (χ4n) is 6.77. The van der Waals surface area contributed by atoms with E-state index in [1.165, 1.54) is 4.90 Å². The molecular formula is C32H40BrN3O7. The Morgan fingerprint density at radius 2 is 1.88 bits per heavy atom. The van der Waals surface area contributed by atoms with Gasteiger partial charge in [0, 0.05) is 24.0 Å². The maximum atomic E-state index is 14.5. The van der Waals surface area contributed by atoms with Gasteiger partial charge >= 0.3 is 5.97 Å². The summed E-state index contributed by atoms with van der Waals surface area (Å²) in [6.45, 7) is 4.39. The SMILES string of the molecule is CCCCN1C/C=C\CCC(=O)NC[C@@H](c2ccccc2)OC(=O)[C@@H]2[C@H]3O[C@@]4(C=C3Br)[C@H](C1=O)N([C@@H](CC)CO)C(=O)[C@@H]24. The first-order chi connectivity index (χ1) is 20.8. The van der Waals surface area contributed by atoms with Crippen molar-refractivity contribution in [2.75, 3.05) is 26.2 Å². The molecule has 5 bridgehead atoms. The van der Waals surface area contributed by atoms with E-state index in [-0.39, 0.29) is 31.4 Å². The fourth-order valence-corrected chi connectivity index (χ4v) is 7.51. The number of cyclic esters (lactones) is 1. The predicted molar refractivity (Wildman–Crippen MR) is 162 cm³/mol. The molecule has 0 aromatic heterocycles. The minimum Gasteiger partial charge on any atom is -0.455 e. The average molecular weight is 659 g/mol. The van der Waals surface area contributed by atoms with Crippen LogP contribution in [0, 0.1) is 11.8 Å². The molecule has 0 unspecified atom stereocenters. The third kappa shape index (κ3) is 5.79. The number of nitrogens with zero attached hydrogens (tertiary/aromatic N) is 2. The molecule has 3 amide bonds. The number of halogens is 1. The van der Waals surface area contributed by atoms with E-state index in [2.05, 4.69) is 21.2 Å². The molecule has 4 heterocycles. The molecule has 2 N–H and O–H groups in total. The molecule has 2 fully saturated rings. The van der Waals surface area contributed by atoms with Crippen LogP contribution in [0.2, 0.25) is 0 Å². The zero-order valence-corrected chi connectivity index (χ0v) is 26.2. The number of aliphatic hydroxyl groups excluding tert-OH is 1. The lowest BCUT2D eigenvalue weighted by atomic mass is 9.74. The van der Waals surface area contributed by atoms with Crippen molar-refractivity contribution in [2.24, 2.45) is 11.8 Å². The third-order valence-electron chi connectivity index (χ3n) is 8.98. The minimum atomic E-state index is -1.40. The van der Waals surface area contributed by atoms with Crippen LogP contribution in [0.5, 0.6) is 0 Å². The van der Waals surface area contributed by atoms with Crippen molar-refractivity contribution in [1.29, 1.82) is 0 Å². The number of fused-ring (bicyclic) bond motifs is 2. The highest BCUT2D eigenvalue weighted by Gasteiger charge is 2.75. The van der Waals surface area contributed by atoms with Gasteiger partial charge in [-0.05, 0) is 30.9 Å². The number of aliphatic hydroxyl groups is 1. The number of hydrogen-bond acceptors (Lipinski definition) is 7. The Morgan fingerprint density at radius 1 is 1.12 bits per heavy atom. The van der Waals surface area contributed by atoms with E-state index in [4.69, 9.17) is 9.47 Å². The molecular weight excluding hydrogens is 618 g/mol. The van der Waals surface area contributed by atoms with Crippen molar-refractivity contribution < 1.29 is 33.8 Å². The highest BCUT2D eigenvalue weighted by Crippen LogP contribution is 2.59. The van der Waals surface area contributed by atoms with E-state index in [1.807, 2.05) is 56.3 Å². The molecule has 1 aromatic rings. The van der Waals surface area contributed by atoms with Gasteiger partial charge in [-0.1, -0.05) is 78.7 Å². The predicted octanol–water partition coefficient (Wildman–Crippen LogP) is 3.01. The average Bonchev–Trinajstić information content (AvgIpc) is 3.60. The van der Waals surface area contributed by atoms with Crippen LogP contribution >= 0.6 is 15.9 Å². The van der Waals surface area contributed by atoms with Crippen LogP contribution in [0.1, 0.15) is 57.6 Å². The molecule has 43 heavy (non-hydrogen) atoms. The molecule has 1 spiro atoms. The van der Waals surface area contributed by atoms with E-state index in [9.17, 15) is 24.3 Å². The van der Waals surface area contributed by atoms with Gasteiger partial charge in [-0.25, -0.2) is 0 Å². The second kappa shape index (κ2) is 13.3. The van der Waals surface area contributed by atoms with E-state index >= 15 is 0 Å². The summed E-state index contributed by atoms with van der Waals surface area (Å²) in [4.78, 5) is 58.8. The number of likely N-dealkylation sites (tertiary alicyclic amines) is 1. The van der Waals surface area contributed by atoms with E-state index in [1.54, 1.807) is 11.0 Å². The third-order valence-corrected chi connectivity index (χ3v) is 9.66. The van der Waals surface area contributed by atoms with Crippen molar-refractivity contribution in [3.8, 4) is 0 Å². The number of hydrogen-bond donors (Lipinski definition) is 2. The topological polar surface area (TPSA) is 125 Å². The van der Waals surface area contributed by atoms with Crippen molar-refractivity contribution in [1.82, 2.24) is 15.1 Å². The van der Waals surface area contributed by atoms with Gasteiger partial charge in [0.05, 0.1) is 25.1 Å². The maximum absolute atomic E-state index is 14.5. The number of carbonyl (C=O) groups excluding carboxylic acids is 4. The molecule has 5 rings (SSSR count). The molecule has 2 saturated heterocycles. The zero-order chi connectivity index (χ0) is 30.7. The smallest absolute Gasteiger partial charge is 0.313 e. The van der Waals surface area contributed by atoms with Gasteiger partial charge in [0.1, 0.15) is 29.8 Å². The first-order valence-electron chi connectivity index (χ1n) is 15.2. The normalized spacial score (nSPS) is 32.7. The van der Waals surface area contributed by atoms with Crippen LogP contribution in [-0.4, -0.2) is 88.6 Å². The maximum Gasteiger partial charge on any atom is 0.313 e. The number of carbonyl (C=O) groups is 4. The Kier molecular flexibility index (Phi) is 9.73. The molecule has 4 aliphatic heterocycles. The van der Waals surface area contributed by atoms with Crippen molar-refractivity contribution in [3.63, 3.8) is 0 Å². The largest absolute Gasteiger partial charge is 0.455 e. The van der Waals surface area contributed by atoms with Gasteiger partial charge in [0.15, 0.2) is 0 Å². The number of nitrogens with one attached hydrogen (secondary N) is 1. The van der Waals surface area contributed by atoms with Gasteiger partial charge in [0.25, 0.3) is 0 Å². The molecule has 4 aliphatic rings. The van der Waals surface area contributed by atoms with Crippen LogP contribution in [0.4, 0.5) is 0 Å². The summed E-state index contributed by atoms with van der Waals surface area (Å²) in [6.07, 6.45) is 6.69. The summed E-state index contributed by atoms with van der Waals surface area (Å²) >= 11 is 3.57. The van der Waals surface area contributed by atoms with E-state index < -0.39 is 53.6 Å².